The van der Waals surface area contributed by atoms with Gasteiger partial charge in [-0.25, -0.2) is 0 Å². The van der Waals surface area contributed by atoms with Crippen molar-refractivity contribution in [1.82, 2.24) is 0 Å². The summed E-state index contributed by atoms with van der Waals surface area (Å²) in [6.45, 7) is 8.87. The van der Waals surface area contributed by atoms with Crippen molar-refractivity contribution in [3.05, 3.63) is 56.6 Å². The monoisotopic (exact) mass is 422 g/mol. The third-order valence-electron chi connectivity index (χ3n) is 4.76. The van der Waals surface area contributed by atoms with Crippen molar-refractivity contribution < 1.29 is 0 Å². The van der Waals surface area contributed by atoms with Crippen molar-refractivity contribution in [3.63, 3.8) is 0 Å². The van der Waals surface area contributed by atoms with Crippen molar-refractivity contribution in [3.8, 4) is 0 Å². The molecule has 27 heavy (non-hydrogen) atoms. The minimum atomic E-state index is 0.918. The Bertz CT molecular complexity index is 689. The molecule has 2 aromatic carbocycles. The highest BCUT2D eigenvalue weighted by molar-refractivity contribution is 7.99. The second kappa shape index (κ2) is 11.4. The Hall–Kier alpha value is -0.630. The fourth-order valence-electron chi connectivity index (χ4n) is 3.43. The molecule has 0 aromatic heterocycles. The van der Waals surface area contributed by atoms with Crippen molar-refractivity contribution in [1.29, 1.82) is 0 Å². The summed E-state index contributed by atoms with van der Waals surface area (Å²) in [6.07, 6.45) is 8.66. The van der Waals surface area contributed by atoms with Gasteiger partial charge < -0.3 is 0 Å². The van der Waals surface area contributed by atoms with Gasteiger partial charge in [0.1, 0.15) is 0 Å². The van der Waals surface area contributed by atoms with Gasteiger partial charge in [-0.05, 0) is 72.2 Å². The maximum atomic E-state index is 6.56. The van der Waals surface area contributed by atoms with Gasteiger partial charge in [-0.2, -0.15) is 0 Å². The van der Waals surface area contributed by atoms with Crippen LogP contribution in [0, 0.1) is 0 Å². The molecule has 0 nitrogen and oxygen atoms in total. The summed E-state index contributed by atoms with van der Waals surface area (Å²) in [5.74, 6) is 0. The first kappa shape index (κ1) is 22.7. The van der Waals surface area contributed by atoms with Crippen LogP contribution in [0.25, 0.3) is 0 Å². The first-order chi connectivity index (χ1) is 13.0. The van der Waals surface area contributed by atoms with E-state index >= 15 is 0 Å². The number of hydrogen-bond acceptors (Lipinski definition) is 1. The molecule has 0 spiro atoms. The molecule has 0 radical (unpaired) electrons. The highest BCUT2D eigenvalue weighted by Gasteiger charge is 2.14. The molecule has 2 aromatic rings. The fourth-order valence-corrected chi connectivity index (χ4v) is 5.22. The van der Waals surface area contributed by atoms with Gasteiger partial charge in [0.05, 0.1) is 0 Å². The second-order valence-electron chi connectivity index (χ2n) is 7.20. The Kier molecular flexibility index (Phi) is 9.56. The molecule has 0 saturated carbocycles. The normalized spacial score (nSPS) is 11.2. The third kappa shape index (κ3) is 6.17. The quantitative estimate of drug-likeness (QED) is 0.367. The van der Waals surface area contributed by atoms with E-state index < -0.39 is 0 Å². The lowest BCUT2D eigenvalue weighted by Gasteiger charge is -2.17. The van der Waals surface area contributed by atoms with Gasteiger partial charge in [0, 0.05) is 19.8 Å². The van der Waals surface area contributed by atoms with E-state index in [4.69, 9.17) is 23.2 Å². The number of benzene rings is 2. The van der Waals surface area contributed by atoms with Crippen LogP contribution >= 0.6 is 35.0 Å². The van der Waals surface area contributed by atoms with Crippen LogP contribution in [0.5, 0.6) is 0 Å². The topological polar surface area (TPSA) is 0 Å². The zero-order valence-corrected chi connectivity index (χ0v) is 19.5. The van der Waals surface area contributed by atoms with Crippen molar-refractivity contribution in [2.75, 3.05) is 0 Å². The fraction of sp³-hybridized carbons (Fsp3) is 0.500. The number of rotatable bonds is 10. The van der Waals surface area contributed by atoms with E-state index in [1.54, 1.807) is 0 Å². The Balaban J connectivity index is 2.49. The molecule has 0 unspecified atom stereocenters. The Morgan fingerprint density at radius 2 is 0.889 bits per heavy atom. The average Bonchev–Trinajstić information content (AvgIpc) is 2.63. The zero-order chi connectivity index (χ0) is 19.8. The molecule has 148 valence electrons. The molecule has 0 bridgehead atoms. The van der Waals surface area contributed by atoms with Gasteiger partial charge in [-0.15, -0.1) is 0 Å². The summed E-state index contributed by atoms with van der Waals surface area (Å²) in [6, 6.07) is 9.04. The molecular weight excluding hydrogens is 391 g/mol. The molecule has 0 heterocycles. The molecular formula is C24H32Cl2S. The van der Waals surface area contributed by atoms with E-state index in [0.717, 1.165) is 61.4 Å². The van der Waals surface area contributed by atoms with E-state index in [0.29, 0.717) is 0 Å². The largest absolute Gasteiger partial charge is 0.0895 e. The molecule has 3 heteroatoms. The SMILES string of the molecule is CCCc1cc(Sc2cc(CCC)c(Cl)cc2CCC)c(CCC)cc1Cl. The van der Waals surface area contributed by atoms with Crippen molar-refractivity contribution in [2.24, 2.45) is 0 Å². The number of aryl methyl sites for hydroxylation is 4. The number of hydrogen-bond donors (Lipinski definition) is 0. The van der Waals surface area contributed by atoms with Gasteiger partial charge in [0.25, 0.3) is 0 Å². The molecule has 2 rings (SSSR count). The summed E-state index contributed by atoms with van der Waals surface area (Å²) in [4.78, 5) is 2.71. The van der Waals surface area contributed by atoms with Gasteiger partial charge >= 0.3 is 0 Å². The summed E-state index contributed by atoms with van der Waals surface area (Å²) in [5.41, 5.74) is 5.26. The molecule has 0 atom stereocenters. The molecule has 0 fully saturated rings. The Morgan fingerprint density at radius 3 is 1.22 bits per heavy atom. The lowest BCUT2D eigenvalue weighted by molar-refractivity contribution is 0.876. The Labute approximate surface area is 180 Å². The molecule has 0 amide bonds. The van der Waals surface area contributed by atoms with Crippen LogP contribution in [0.1, 0.15) is 75.6 Å². The highest BCUT2D eigenvalue weighted by Crippen LogP contribution is 2.39. The van der Waals surface area contributed by atoms with Crippen LogP contribution < -0.4 is 0 Å². The van der Waals surface area contributed by atoms with E-state index in [2.05, 4.69) is 52.0 Å². The van der Waals surface area contributed by atoms with Crippen LogP contribution in [0.15, 0.2) is 34.1 Å². The molecule has 0 N–H and O–H groups in total. The minimum Gasteiger partial charge on any atom is -0.0895 e. The van der Waals surface area contributed by atoms with Gasteiger partial charge in [-0.3, -0.25) is 0 Å². The molecule has 0 aliphatic carbocycles. The van der Waals surface area contributed by atoms with Crippen molar-refractivity contribution in [2.45, 2.75) is 88.9 Å². The lowest BCUT2D eigenvalue weighted by atomic mass is 10.0. The maximum Gasteiger partial charge on any atom is 0.0441 e. The van der Waals surface area contributed by atoms with Gasteiger partial charge in [-0.1, -0.05) is 88.3 Å². The smallest absolute Gasteiger partial charge is 0.0441 e. The first-order valence-corrected chi connectivity index (χ1v) is 11.9. The minimum absolute atomic E-state index is 0.918. The van der Waals surface area contributed by atoms with Gasteiger partial charge in [0.15, 0.2) is 0 Å². The van der Waals surface area contributed by atoms with Crippen LogP contribution in [0.2, 0.25) is 10.0 Å². The maximum absolute atomic E-state index is 6.56. The van der Waals surface area contributed by atoms with Crippen LogP contribution in [0.3, 0.4) is 0 Å². The zero-order valence-electron chi connectivity index (χ0n) is 17.1. The van der Waals surface area contributed by atoms with E-state index in [1.807, 2.05) is 11.8 Å². The first-order valence-electron chi connectivity index (χ1n) is 10.3. The third-order valence-corrected chi connectivity index (χ3v) is 6.66. The van der Waals surface area contributed by atoms with Crippen LogP contribution in [-0.4, -0.2) is 0 Å². The lowest BCUT2D eigenvalue weighted by Crippen LogP contribution is -1.96. The average molecular weight is 423 g/mol. The standard InChI is InChI=1S/C24H32Cl2S/c1-5-9-17-15-23(19(11-7-3)13-21(17)25)27-24-16-18(10-6-2)22(26)14-20(24)12-8-4/h13-16H,5-12H2,1-4H3. The van der Waals surface area contributed by atoms with Crippen LogP contribution in [-0.2, 0) is 25.7 Å². The Morgan fingerprint density at radius 1 is 0.556 bits per heavy atom. The molecule has 0 aliphatic rings. The van der Waals surface area contributed by atoms with Crippen LogP contribution in [0.4, 0.5) is 0 Å². The summed E-state index contributed by atoms with van der Waals surface area (Å²) < 4.78 is 0. The highest BCUT2D eigenvalue weighted by atomic mass is 35.5. The second-order valence-corrected chi connectivity index (χ2v) is 9.10. The number of halogens is 2. The summed E-state index contributed by atoms with van der Waals surface area (Å²) >= 11 is 15.0. The van der Waals surface area contributed by atoms with E-state index in [-0.39, 0.29) is 0 Å². The van der Waals surface area contributed by atoms with Gasteiger partial charge in [0.2, 0.25) is 0 Å². The van der Waals surface area contributed by atoms with Crippen molar-refractivity contribution >= 4 is 35.0 Å². The summed E-state index contributed by atoms with van der Waals surface area (Å²) in [5, 5.41) is 1.84. The predicted octanol–water partition coefficient (Wildman–Crippen LogP) is 8.95. The molecule has 0 aliphatic heterocycles. The van der Waals surface area contributed by atoms with E-state index in [9.17, 15) is 0 Å². The molecule has 0 saturated heterocycles. The summed E-state index contributed by atoms with van der Waals surface area (Å²) in [7, 11) is 0. The van der Waals surface area contributed by atoms with E-state index in [1.165, 1.54) is 32.0 Å². The predicted molar refractivity (Wildman–Crippen MR) is 123 cm³/mol.